The van der Waals surface area contributed by atoms with Crippen molar-refractivity contribution < 1.29 is 13.2 Å². The standard InChI is InChI=1S/C15H25N3O3S.HI/c1-4-16-15(18-10-12-22(3,19)20)17-9-11-21-14-7-5-13(2)6-8-14;/h5-8H,4,9-12H2,1-3H3,(H2,16,17,18);1H. The molecule has 0 atom stereocenters. The fourth-order valence-electron chi connectivity index (χ4n) is 1.64. The summed E-state index contributed by atoms with van der Waals surface area (Å²) in [7, 11) is -2.99. The molecule has 0 unspecified atom stereocenters. The molecule has 0 aromatic heterocycles. The van der Waals surface area contributed by atoms with E-state index >= 15 is 0 Å². The van der Waals surface area contributed by atoms with E-state index in [0.717, 1.165) is 5.75 Å². The fraction of sp³-hybridized carbons (Fsp3) is 0.533. The Morgan fingerprint density at radius 2 is 1.87 bits per heavy atom. The molecule has 0 aliphatic rings. The van der Waals surface area contributed by atoms with Gasteiger partial charge in [0.15, 0.2) is 5.96 Å². The molecule has 1 aromatic rings. The van der Waals surface area contributed by atoms with Crippen LogP contribution in [0.3, 0.4) is 0 Å². The number of benzene rings is 1. The topological polar surface area (TPSA) is 79.8 Å². The van der Waals surface area contributed by atoms with Crippen molar-refractivity contribution in [1.82, 2.24) is 10.6 Å². The number of halogens is 1. The normalized spacial score (nSPS) is 11.5. The van der Waals surface area contributed by atoms with E-state index in [1.807, 2.05) is 38.1 Å². The predicted molar refractivity (Wildman–Crippen MR) is 106 cm³/mol. The third-order valence-electron chi connectivity index (χ3n) is 2.76. The number of hydrogen-bond acceptors (Lipinski definition) is 4. The molecule has 6 nitrogen and oxygen atoms in total. The molecule has 0 spiro atoms. The van der Waals surface area contributed by atoms with E-state index in [1.54, 1.807) is 0 Å². The molecule has 23 heavy (non-hydrogen) atoms. The van der Waals surface area contributed by atoms with Gasteiger partial charge in [0.1, 0.15) is 22.2 Å². The Kier molecular flexibility index (Phi) is 11.0. The largest absolute Gasteiger partial charge is 0.492 e. The van der Waals surface area contributed by atoms with Crippen LogP contribution in [0.5, 0.6) is 5.75 Å². The second-order valence-corrected chi connectivity index (χ2v) is 7.24. The molecule has 0 saturated carbocycles. The Morgan fingerprint density at radius 3 is 2.43 bits per heavy atom. The van der Waals surface area contributed by atoms with E-state index in [2.05, 4.69) is 15.6 Å². The minimum atomic E-state index is -2.99. The fourth-order valence-corrected chi connectivity index (χ4v) is 2.06. The minimum Gasteiger partial charge on any atom is -0.492 e. The van der Waals surface area contributed by atoms with Crippen molar-refractivity contribution in [1.29, 1.82) is 0 Å². The summed E-state index contributed by atoms with van der Waals surface area (Å²) in [5, 5.41) is 6.17. The highest BCUT2D eigenvalue weighted by molar-refractivity contribution is 14.0. The Morgan fingerprint density at radius 1 is 1.22 bits per heavy atom. The van der Waals surface area contributed by atoms with Crippen LogP contribution in [0, 0.1) is 6.92 Å². The first kappa shape index (κ1) is 22.0. The van der Waals surface area contributed by atoms with Gasteiger partial charge in [0.2, 0.25) is 0 Å². The van der Waals surface area contributed by atoms with Gasteiger partial charge in [0.05, 0.1) is 18.8 Å². The van der Waals surface area contributed by atoms with Crippen LogP contribution >= 0.6 is 24.0 Å². The molecule has 0 heterocycles. The molecule has 8 heteroatoms. The number of nitrogens with zero attached hydrogens (tertiary/aromatic N) is 1. The first-order valence-corrected chi connectivity index (χ1v) is 9.36. The summed E-state index contributed by atoms with van der Waals surface area (Å²) in [6.07, 6.45) is 1.21. The van der Waals surface area contributed by atoms with Crippen molar-refractivity contribution in [2.24, 2.45) is 4.99 Å². The van der Waals surface area contributed by atoms with Gasteiger partial charge in [-0.05, 0) is 26.0 Å². The van der Waals surface area contributed by atoms with E-state index in [0.29, 0.717) is 25.7 Å². The highest BCUT2D eigenvalue weighted by Gasteiger charge is 2.02. The van der Waals surface area contributed by atoms with Crippen LogP contribution in [0.25, 0.3) is 0 Å². The van der Waals surface area contributed by atoms with Crippen molar-refractivity contribution >= 4 is 39.8 Å². The summed E-state index contributed by atoms with van der Waals surface area (Å²) in [5.74, 6) is 1.47. The first-order valence-electron chi connectivity index (χ1n) is 7.30. The third kappa shape index (κ3) is 11.2. The van der Waals surface area contributed by atoms with Gasteiger partial charge in [0, 0.05) is 12.8 Å². The number of hydrogen-bond donors (Lipinski definition) is 2. The zero-order valence-electron chi connectivity index (χ0n) is 13.8. The molecule has 0 bridgehead atoms. The van der Waals surface area contributed by atoms with Crippen LogP contribution in [0.1, 0.15) is 12.5 Å². The maximum absolute atomic E-state index is 11.1. The van der Waals surface area contributed by atoms with E-state index in [9.17, 15) is 8.42 Å². The summed E-state index contributed by atoms with van der Waals surface area (Å²) >= 11 is 0. The Bertz CT molecular complexity index is 574. The lowest BCUT2D eigenvalue weighted by Gasteiger charge is -2.12. The highest BCUT2D eigenvalue weighted by Crippen LogP contribution is 2.10. The lowest BCUT2D eigenvalue weighted by atomic mass is 10.2. The maximum Gasteiger partial charge on any atom is 0.191 e. The number of rotatable bonds is 8. The highest BCUT2D eigenvalue weighted by atomic mass is 127. The Balaban J connectivity index is 0.00000484. The predicted octanol–water partition coefficient (Wildman–Crippen LogP) is 1.59. The lowest BCUT2D eigenvalue weighted by Crippen LogP contribution is -2.39. The maximum atomic E-state index is 11.1. The summed E-state index contributed by atoms with van der Waals surface area (Å²) in [5.41, 5.74) is 1.19. The molecule has 1 aromatic carbocycles. The van der Waals surface area contributed by atoms with E-state index in [-0.39, 0.29) is 36.3 Å². The first-order chi connectivity index (χ1) is 10.4. The Labute approximate surface area is 156 Å². The van der Waals surface area contributed by atoms with Gasteiger partial charge in [-0.25, -0.2) is 8.42 Å². The van der Waals surface area contributed by atoms with Crippen LogP contribution < -0.4 is 15.4 Å². The van der Waals surface area contributed by atoms with Crippen LogP contribution in [0.15, 0.2) is 29.3 Å². The SMILES string of the molecule is CCNC(=NCCS(C)(=O)=O)NCCOc1ccc(C)cc1.I. The molecule has 0 aliphatic carbocycles. The number of ether oxygens (including phenoxy) is 1. The van der Waals surface area contributed by atoms with Crippen LogP contribution in [-0.2, 0) is 9.84 Å². The zero-order chi connectivity index (χ0) is 16.4. The van der Waals surface area contributed by atoms with E-state index in [4.69, 9.17) is 4.74 Å². The molecule has 0 radical (unpaired) electrons. The molecule has 1 rings (SSSR count). The molecule has 0 fully saturated rings. The van der Waals surface area contributed by atoms with Crippen LogP contribution in [0.2, 0.25) is 0 Å². The van der Waals surface area contributed by atoms with E-state index in [1.165, 1.54) is 11.8 Å². The molecular weight excluding hydrogens is 429 g/mol. The molecule has 0 saturated heterocycles. The quantitative estimate of drug-likeness (QED) is 0.270. The molecule has 2 N–H and O–H groups in total. The smallest absolute Gasteiger partial charge is 0.191 e. The summed E-state index contributed by atoms with van der Waals surface area (Å²) in [6, 6.07) is 7.86. The second kappa shape index (κ2) is 11.5. The van der Waals surface area contributed by atoms with Crippen molar-refractivity contribution in [3.63, 3.8) is 0 Å². The number of guanidine groups is 1. The van der Waals surface area contributed by atoms with Gasteiger partial charge in [-0.3, -0.25) is 4.99 Å². The van der Waals surface area contributed by atoms with Gasteiger partial charge in [-0.1, -0.05) is 17.7 Å². The Hall–Kier alpha value is -1.03. The molecule has 0 amide bonds. The van der Waals surface area contributed by atoms with Crippen molar-refractivity contribution in [2.45, 2.75) is 13.8 Å². The van der Waals surface area contributed by atoms with Gasteiger partial charge >= 0.3 is 0 Å². The summed E-state index contributed by atoms with van der Waals surface area (Å²) in [6.45, 7) is 6.02. The summed E-state index contributed by atoms with van der Waals surface area (Å²) < 4.78 is 27.8. The van der Waals surface area contributed by atoms with E-state index < -0.39 is 9.84 Å². The molecular formula is C15H26IN3O3S. The average molecular weight is 455 g/mol. The van der Waals surface area contributed by atoms with Crippen molar-refractivity contribution in [2.75, 3.05) is 38.2 Å². The molecule has 0 aliphatic heterocycles. The zero-order valence-corrected chi connectivity index (χ0v) is 17.0. The number of sulfone groups is 1. The van der Waals surface area contributed by atoms with Crippen LogP contribution in [-0.4, -0.2) is 52.6 Å². The summed E-state index contributed by atoms with van der Waals surface area (Å²) in [4.78, 5) is 4.21. The van der Waals surface area contributed by atoms with Crippen molar-refractivity contribution in [3.8, 4) is 5.75 Å². The molecule has 132 valence electrons. The van der Waals surface area contributed by atoms with Gasteiger partial charge in [-0.2, -0.15) is 0 Å². The van der Waals surface area contributed by atoms with Gasteiger partial charge in [-0.15, -0.1) is 24.0 Å². The monoisotopic (exact) mass is 455 g/mol. The van der Waals surface area contributed by atoms with Crippen molar-refractivity contribution in [3.05, 3.63) is 29.8 Å². The number of aryl methyl sites for hydroxylation is 1. The second-order valence-electron chi connectivity index (χ2n) is 4.98. The average Bonchev–Trinajstić information content (AvgIpc) is 2.44. The third-order valence-corrected chi connectivity index (χ3v) is 3.68. The number of nitrogens with one attached hydrogen (secondary N) is 2. The van der Waals surface area contributed by atoms with Gasteiger partial charge in [0.25, 0.3) is 0 Å². The minimum absolute atomic E-state index is 0. The van der Waals surface area contributed by atoms with Gasteiger partial charge < -0.3 is 15.4 Å². The number of aliphatic imine (C=N–C) groups is 1. The lowest BCUT2D eigenvalue weighted by molar-refractivity contribution is 0.322. The van der Waals surface area contributed by atoms with Crippen LogP contribution in [0.4, 0.5) is 0 Å².